The smallest absolute Gasteiger partial charge is 0.416 e. The molecule has 2 aliphatic heterocycles. The van der Waals surface area contributed by atoms with Gasteiger partial charge < -0.3 is 19.9 Å². The molecule has 6 nitrogen and oxygen atoms in total. The minimum atomic E-state index is -4.41. The molecule has 0 radical (unpaired) electrons. The number of benzene rings is 1. The van der Waals surface area contributed by atoms with E-state index in [1.165, 1.54) is 12.1 Å². The Morgan fingerprint density at radius 1 is 1.04 bits per heavy atom. The maximum atomic E-state index is 12.6. The van der Waals surface area contributed by atoms with Crippen molar-refractivity contribution in [3.8, 4) is 0 Å². The van der Waals surface area contributed by atoms with E-state index in [0.29, 0.717) is 31.9 Å². The van der Waals surface area contributed by atoms with Gasteiger partial charge in [-0.15, -0.1) is 0 Å². The Hall–Kier alpha value is -2.45. The summed E-state index contributed by atoms with van der Waals surface area (Å²) in [6.07, 6.45) is -3.99. The zero-order valence-corrected chi connectivity index (χ0v) is 16.1. The fourth-order valence-corrected chi connectivity index (χ4v) is 3.53. The van der Waals surface area contributed by atoms with Crippen molar-refractivity contribution in [1.82, 2.24) is 9.80 Å². The van der Waals surface area contributed by atoms with Crippen molar-refractivity contribution in [2.75, 3.05) is 31.5 Å². The molecule has 2 aliphatic rings. The molecular weight excluding hydrogens is 375 g/mol. The molecular formula is C19H24F3N3O3. The van der Waals surface area contributed by atoms with Gasteiger partial charge in [-0.25, -0.2) is 9.59 Å². The topological polar surface area (TPSA) is 61.9 Å². The van der Waals surface area contributed by atoms with Crippen LogP contribution in [-0.2, 0) is 10.9 Å². The molecule has 0 saturated carbocycles. The number of alkyl halides is 3. The number of anilines is 1. The molecule has 1 aromatic rings. The first kappa shape index (κ1) is 20.3. The summed E-state index contributed by atoms with van der Waals surface area (Å²) in [4.78, 5) is 27.7. The van der Waals surface area contributed by atoms with E-state index < -0.39 is 17.3 Å². The lowest BCUT2D eigenvalue weighted by Crippen LogP contribution is -2.60. The van der Waals surface area contributed by atoms with E-state index in [1.54, 1.807) is 9.80 Å². The van der Waals surface area contributed by atoms with Crippen molar-refractivity contribution in [1.29, 1.82) is 0 Å². The number of amides is 3. The van der Waals surface area contributed by atoms with E-state index in [0.717, 1.165) is 18.6 Å². The Morgan fingerprint density at radius 2 is 1.61 bits per heavy atom. The molecule has 0 aromatic heterocycles. The summed E-state index contributed by atoms with van der Waals surface area (Å²) in [7, 11) is 0. The molecule has 2 heterocycles. The van der Waals surface area contributed by atoms with E-state index in [4.69, 9.17) is 4.74 Å². The van der Waals surface area contributed by atoms with Gasteiger partial charge in [-0.05, 0) is 51.5 Å². The first-order valence-electron chi connectivity index (χ1n) is 9.08. The van der Waals surface area contributed by atoms with Crippen molar-refractivity contribution in [2.24, 2.45) is 5.41 Å². The molecule has 9 heteroatoms. The second-order valence-corrected chi connectivity index (χ2v) is 8.51. The monoisotopic (exact) mass is 399 g/mol. The quantitative estimate of drug-likeness (QED) is 0.771. The second kappa shape index (κ2) is 6.86. The Kier molecular flexibility index (Phi) is 4.97. The number of rotatable bonds is 1. The molecule has 1 aromatic carbocycles. The summed E-state index contributed by atoms with van der Waals surface area (Å²) in [5.41, 5.74) is -1.14. The van der Waals surface area contributed by atoms with Crippen LogP contribution in [0.4, 0.5) is 28.4 Å². The molecule has 1 spiro atoms. The first-order valence-corrected chi connectivity index (χ1v) is 9.08. The van der Waals surface area contributed by atoms with E-state index in [9.17, 15) is 22.8 Å². The first-order chi connectivity index (χ1) is 12.9. The van der Waals surface area contributed by atoms with Crippen molar-refractivity contribution in [2.45, 2.75) is 39.0 Å². The number of hydrogen-bond donors (Lipinski definition) is 1. The highest BCUT2D eigenvalue weighted by atomic mass is 19.4. The molecule has 2 saturated heterocycles. The molecule has 3 rings (SSSR count). The van der Waals surface area contributed by atoms with Crippen LogP contribution < -0.4 is 5.32 Å². The normalized spacial score (nSPS) is 18.8. The third-order valence-electron chi connectivity index (χ3n) is 4.89. The predicted octanol–water partition coefficient (Wildman–Crippen LogP) is 4.18. The number of hydrogen-bond acceptors (Lipinski definition) is 3. The van der Waals surface area contributed by atoms with Gasteiger partial charge in [0.1, 0.15) is 5.60 Å². The molecule has 3 amide bonds. The Balaban J connectivity index is 1.51. The maximum absolute atomic E-state index is 12.6. The lowest BCUT2D eigenvalue weighted by molar-refractivity contribution is -0.137. The van der Waals surface area contributed by atoms with E-state index in [-0.39, 0.29) is 17.5 Å². The average Bonchev–Trinajstić information content (AvgIpc) is 2.97. The van der Waals surface area contributed by atoms with Crippen LogP contribution >= 0.6 is 0 Å². The summed E-state index contributed by atoms with van der Waals surface area (Å²) in [6, 6.07) is 3.99. The van der Waals surface area contributed by atoms with Crippen molar-refractivity contribution in [3.05, 3.63) is 29.8 Å². The number of ether oxygens (including phenoxy) is 1. The number of likely N-dealkylation sites (tertiary alicyclic amines) is 2. The van der Waals surface area contributed by atoms with Crippen LogP contribution in [0.5, 0.6) is 0 Å². The second-order valence-electron chi connectivity index (χ2n) is 8.51. The summed E-state index contributed by atoms with van der Waals surface area (Å²) >= 11 is 0. The summed E-state index contributed by atoms with van der Waals surface area (Å²) in [5.74, 6) is 0. The third-order valence-corrected chi connectivity index (χ3v) is 4.89. The fourth-order valence-electron chi connectivity index (χ4n) is 3.53. The van der Waals surface area contributed by atoms with Crippen LogP contribution in [0.1, 0.15) is 32.8 Å². The van der Waals surface area contributed by atoms with Crippen LogP contribution in [0, 0.1) is 5.41 Å². The highest BCUT2D eigenvalue weighted by molar-refractivity contribution is 5.89. The molecule has 0 atom stereocenters. The van der Waals surface area contributed by atoms with Gasteiger partial charge in [0.25, 0.3) is 0 Å². The zero-order chi connectivity index (χ0) is 20.7. The SMILES string of the molecule is CC(C)(C)OC(=O)N1CC2(CCN(C(=O)Nc3ccc(C(F)(F)F)cc3)C2)C1. The largest absolute Gasteiger partial charge is 0.444 e. The van der Waals surface area contributed by atoms with Gasteiger partial charge in [0, 0.05) is 37.3 Å². The summed E-state index contributed by atoms with van der Waals surface area (Å²) < 4.78 is 43.2. The predicted molar refractivity (Wildman–Crippen MR) is 96.9 cm³/mol. The van der Waals surface area contributed by atoms with Gasteiger partial charge in [-0.3, -0.25) is 0 Å². The fraction of sp³-hybridized carbons (Fsp3) is 0.579. The third kappa shape index (κ3) is 4.51. The van der Waals surface area contributed by atoms with Crippen LogP contribution in [0.15, 0.2) is 24.3 Å². The van der Waals surface area contributed by atoms with Gasteiger partial charge in [-0.1, -0.05) is 0 Å². The van der Waals surface area contributed by atoms with E-state index >= 15 is 0 Å². The number of halogens is 3. The Labute approximate surface area is 161 Å². The zero-order valence-electron chi connectivity index (χ0n) is 16.1. The minimum absolute atomic E-state index is 0.131. The molecule has 2 fully saturated rings. The van der Waals surface area contributed by atoms with Gasteiger partial charge in [0.2, 0.25) is 0 Å². The Morgan fingerprint density at radius 3 is 2.14 bits per heavy atom. The summed E-state index contributed by atoms with van der Waals surface area (Å²) in [5, 5.41) is 2.63. The van der Waals surface area contributed by atoms with Crippen molar-refractivity contribution >= 4 is 17.8 Å². The molecule has 1 N–H and O–H groups in total. The van der Waals surface area contributed by atoms with E-state index in [2.05, 4.69) is 5.32 Å². The van der Waals surface area contributed by atoms with Crippen molar-refractivity contribution in [3.63, 3.8) is 0 Å². The Bertz CT molecular complexity index is 750. The molecule has 0 unspecified atom stereocenters. The van der Waals surface area contributed by atoms with Gasteiger partial charge >= 0.3 is 18.3 Å². The van der Waals surface area contributed by atoms with Crippen LogP contribution in [-0.4, -0.2) is 53.7 Å². The number of carbonyl (C=O) groups excluding carboxylic acids is 2. The highest BCUT2D eigenvalue weighted by Gasteiger charge is 2.51. The van der Waals surface area contributed by atoms with E-state index in [1.807, 2.05) is 20.8 Å². The number of nitrogens with zero attached hydrogens (tertiary/aromatic N) is 2. The lowest BCUT2D eigenvalue weighted by Gasteiger charge is -2.47. The van der Waals surface area contributed by atoms with Crippen LogP contribution in [0.2, 0.25) is 0 Å². The molecule has 0 bridgehead atoms. The summed E-state index contributed by atoms with van der Waals surface area (Å²) in [6.45, 7) is 7.53. The van der Waals surface area contributed by atoms with Gasteiger partial charge in [0.15, 0.2) is 0 Å². The number of nitrogens with one attached hydrogen (secondary N) is 1. The van der Waals surface area contributed by atoms with Gasteiger partial charge in [-0.2, -0.15) is 13.2 Å². The molecule has 28 heavy (non-hydrogen) atoms. The highest BCUT2D eigenvalue weighted by Crippen LogP contribution is 2.40. The van der Waals surface area contributed by atoms with Crippen molar-refractivity contribution < 1.29 is 27.5 Å². The maximum Gasteiger partial charge on any atom is 0.416 e. The van der Waals surface area contributed by atoms with Gasteiger partial charge in [0.05, 0.1) is 5.56 Å². The minimum Gasteiger partial charge on any atom is -0.444 e. The lowest BCUT2D eigenvalue weighted by atomic mass is 9.79. The molecule has 0 aliphatic carbocycles. The van der Waals surface area contributed by atoms with Crippen LogP contribution in [0.25, 0.3) is 0 Å². The number of urea groups is 1. The standard InChI is InChI=1S/C19H24F3N3O3/c1-17(2,3)28-16(27)25-11-18(12-25)8-9-24(10-18)15(26)23-14-6-4-13(5-7-14)19(20,21)22/h4-7H,8-12H2,1-3H3,(H,23,26). The average molecular weight is 399 g/mol. The van der Waals surface area contributed by atoms with Crippen LogP contribution in [0.3, 0.4) is 0 Å². The number of carbonyl (C=O) groups is 2. The molecule has 154 valence electrons.